The van der Waals surface area contributed by atoms with Crippen molar-refractivity contribution in [1.82, 2.24) is 4.98 Å². The average molecular weight is 267 g/mol. The zero-order valence-corrected chi connectivity index (χ0v) is 9.91. The highest BCUT2D eigenvalue weighted by Gasteiger charge is 2.10. The number of pyridine rings is 1. The average Bonchev–Trinajstić information content (AvgIpc) is 2.24. The lowest BCUT2D eigenvalue weighted by molar-refractivity contribution is 0.341. The molecule has 0 unspecified atom stereocenters. The number of hydrogen-bond donors (Lipinski definition) is 1. The second-order valence-corrected chi connectivity index (χ2v) is 3.85. The van der Waals surface area contributed by atoms with Gasteiger partial charge in [0.15, 0.2) is 10.4 Å². The molecule has 0 saturated carbocycles. The number of nitrogen functional groups attached to an aromatic ring is 1. The third-order valence-corrected chi connectivity index (χ3v) is 2.68. The lowest BCUT2D eigenvalue weighted by atomic mass is 10.1. The van der Waals surface area contributed by atoms with E-state index in [0.717, 1.165) is 16.5 Å². The first kappa shape index (κ1) is 10.2. The van der Waals surface area contributed by atoms with Crippen LogP contribution in [-0.4, -0.2) is 11.6 Å². The standard InChI is InChI=1S/C11H11BrN2O/c1-2-15-9-7-5-3-4-6-8(7)11(13)14-10(9)12/h3-6H,2H2,1H3,(H2,13,14). The smallest absolute Gasteiger partial charge is 0.160 e. The molecular formula is C11H11BrN2O. The molecule has 2 rings (SSSR count). The molecule has 2 N–H and O–H groups in total. The molecule has 0 fully saturated rings. The van der Waals surface area contributed by atoms with Gasteiger partial charge in [0.05, 0.1) is 6.61 Å². The van der Waals surface area contributed by atoms with Gasteiger partial charge in [-0.05, 0) is 22.9 Å². The summed E-state index contributed by atoms with van der Waals surface area (Å²) < 4.78 is 6.19. The van der Waals surface area contributed by atoms with Gasteiger partial charge in [0.25, 0.3) is 0 Å². The lowest BCUT2D eigenvalue weighted by Crippen LogP contribution is -1.99. The van der Waals surface area contributed by atoms with Crippen molar-refractivity contribution in [2.45, 2.75) is 6.92 Å². The minimum absolute atomic E-state index is 0.515. The number of nitrogens with two attached hydrogens (primary N) is 1. The summed E-state index contributed by atoms with van der Waals surface area (Å²) in [5.74, 6) is 1.27. The number of fused-ring (bicyclic) bond motifs is 1. The number of ether oxygens (including phenoxy) is 1. The summed E-state index contributed by atoms with van der Waals surface area (Å²) in [6.45, 7) is 2.55. The largest absolute Gasteiger partial charge is 0.490 e. The molecule has 0 amide bonds. The summed E-state index contributed by atoms with van der Waals surface area (Å²) >= 11 is 3.35. The van der Waals surface area contributed by atoms with E-state index >= 15 is 0 Å². The van der Waals surface area contributed by atoms with Gasteiger partial charge in [-0.25, -0.2) is 4.98 Å². The molecule has 0 radical (unpaired) electrons. The van der Waals surface area contributed by atoms with Crippen molar-refractivity contribution >= 4 is 32.5 Å². The Morgan fingerprint density at radius 1 is 1.33 bits per heavy atom. The number of benzene rings is 1. The molecule has 1 heterocycles. The maximum atomic E-state index is 5.83. The number of rotatable bonds is 2. The predicted octanol–water partition coefficient (Wildman–Crippen LogP) is 2.98. The first-order valence-electron chi connectivity index (χ1n) is 4.70. The van der Waals surface area contributed by atoms with Crippen molar-refractivity contribution in [2.24, 2.45) is 0 Å². The molecule has 1 aromatic carbocycles. The number of aromatic nitrogens is 1. The Bertz CT molecular complexity index is 499. The Kier molecular flexibility index (Phi) is 2.77. The van der Waals surface area contributed by atoms with Gasteiger partial charge in [-0.2, -0.15) is 0 Å². The van der Waals surface area contributed by atoms with Crippen LogP contribution in [0.3, 0.4) is 0 Å². The van der Waals surface area contributed by atoms with Crippen molar-refractivity contribution in [3.63, 3.8) is 0 Å². The molecular weight excluding hydrogens is 256 g/mol. The molecule has 0 aliphatic rings. The number of hydrogen-bond acceptors (Lipinski definition) is 3. The van der Waals surface area contributed by atoms with Crippen LogP contribution in [0, 0.1) is 0 Å². The van der Waals surface area contributed by atoms with E-state index in [2.05, 4.69) is 20.9 Å². The van der Waals surface area contributed by atoms with Gasteiger partial charge in [-0.1, -0.05) is 24.3 Å². The monoisotopic (exact) mass is 266 g/mol. The topological polar surface area (TPSA) is 48.1 Å². The fourth-order valence-corrected chi connectivity index (χ4v) is 2.03. The van der Waals surface area contributed by atoms with E-state index in [4.69, 9.17) is 10.5 Å². The van der Waals surface area contributed by atoms with Crippen LogP contribution in [0.25, 0.3) is 10.8 Å². The van der Waals surface area contributed by atoms with E-state index in [1.807, 2.05) is 31.2 Å². The quantitative estimate of drug-likeness (QED) is 0.851. The normalized spacial score (nSPS) is 10.5. The lowest BCUT2D eigenvalue weighted by Gasteiger charge is -2.10. The van der Waals surface area contributed by atoms with Gasteiger partial charge in [0.2, 0.25) is 0 Å². The molecule has 0 atom stereocenters. The van der Waals surface area contributed by atoms with Crippen LogP contribution in [-0.2, 0) is 0 Å². The molecule has 0 spiro atoms. The third-order valence-electron chi connectivity index (χ3n) is 2.14. The number of nitrogens with zero attached hydrogens (tertiary/aromatic N) is 1. The minimum Gasteiger partial charge on any atom is -0.490 e. The van der Waals surface area contributed by atoms with Gasteiger partial charge in [0.1, 0.15) is 5.82 Å². The van der Waals surface area contributed by atoms with Gasteiger partial charge in [-0.3, -0.25) is 0 Å². The van der Waals surface area contributed by atoms with Crippen LogP contribution in [0.4, 0.5) is 5.82 Å². The predicted molar refractivity (Wildman–Crippen MR) is 65.0 cm³/mol. The van der Waals surface area contributed by atoms with Gasteiger partial charge in [0, 0.05) is 10.8 Å². The van der Waals surface area contributed by atoms with Gasteiger partial charge >= 0.3 is 0 Å². The Balaban J connectivity index is 2.77. The second-order valence-electron chi connectivity index (χ2n) is 3.10. The van der Waals surface area contributed by atoms with Gasteiger partial charge in [-0.15, -0.1) is 0 Å². The second kappa shape index (κ2) is 4.06. The zero-order valence-electron chi connectivity index (χ0n) is 8.33. The van der Waals surface area contributed by atoms with Crippen LogP contribution in [0.1, 0.15) is 6.92 Å². The van der Waals surface area contributed by atoms with Crippen LogP contribution in [0.2, 0.25) is 0 Å². The van der Waals surface area contributed by atoms with Crippen molar-refractivity contribution in [3.8, 4) is 5.75 Å². The molecule has 78 valence electrons. The van der Waals surface area contributed by atoms with E-state index in [9.17, 15) is 0 Å². The fraction of sp³-hybridized carbons (Fsp3) is 0.182. The van der Waals surface area contributed by atoms with Crippen LogP contribution in [0.15, 0.2) is 28.9 Å². The zero-order chi connectivity index (χ0) is 10.8. The summed E-state index contributed by atoms with van der Waals surface area (Å²) in [6, 6.07) is 7.80. The van der Waals surface area contributed by atoms with E-state index in [1.165, 1.54) is 0 Å². The summed E-state index contributed by atoms with van der Waals surface area (Å²) in [7, 11) is 0. The molecule has 1 aromatic heterocycles. The number of anilines is 1. The van der Waals surface area contributed by atoms with Crippen molar-refractivity contribution in [2.75, 3.05) is 12.3 Å². The van der Waals surface area contributed by atoms with E-state index in [1.54, 1.807) is 0 Å². The van der Waals surface area contributed by atoms with Crippen molar-refractivity contribution in [1.29, 1.82) is 0 Å². The fourth-order valence-electron chi connectivity index (χ4n) is 1.51. The summed E-state index contributed by atoms with van der Waals surface area (Å²) in [5.41, 5.74) is 5.83. The summed E-state index contributed by atoms with van der Waals surface area (Å²) in [4.78, 5) is 4.19. The molecule has 4 heteroatoms. The van der Waals surface area contributed by atoms with Crippen molar-refractivity contribution in [3.05, 3.63) is 28.9 Å². The molecule has 0 saturated heterocycles. The van der Waals surface area contributed by atoms with E-state index in [0.29, 0.717) is 17.0 Å². The molecule has 15 heavy (non-hydrogen) atoms. The van der Waals surface area contributed by atoms with E-state index in [-0.39, 0.29) is 0 Å². The van der Waals surface area contributed by atoms with Crippen LogP contribution >= 0.6 is 15.9 Å². The summed E-state index contributed by atoms with van der Waals surface area (Å²) in [5, 5.41) is 1.91. The van der Waals surface area contributed by atoms with Gasteiger partial charge < -0.3 is 10.5 Å². The van der Waals surface area contributed by atoms with Crippen LogP contribution in [0.5, 0.6) is 5.75 Å². The van der Waals surface area contributed by atoms with E-state index < -0.39 is 0 Å². The molecule has 0 bridgehead atoms. The number of halogens is 1. The SMILES string of the molecule is CCOc1c(Br)nc(N)c2ccccc12. The minimum atomic E-state index is 0.515. The first-order chi connectivity index (χ1) is 7.24. The molecule has 0 aliphatic carbocycles. The first-order valence-corrected chi connectivity index (χ1v) is 5.50. The van der Waals surface area contributed by atoms with Crippen molar-refractivity contribution < 1.29 is 4.74 Å². The Morgan fingerprint density at radius 2 is 2.00 bits per heavy atom. The summed E-state index contributed by atoms with van der Waals surface area (Å²) in [6.07, 6.45) is 0. The molecule has 2 aromatic rings. The maximum absolute atomic E-state index is 5.83. The van der Waals surface area contributed by atoms with Crippen LogP contribution < -0.4 is 10.5 Å². The third kappa shape index (κ3) is 1.77. The highest BCUT2D eigenvalue weighted by atomic mass is 79.9. The Hall–Kier alpha value is -1.29. The molecule has 0 aliphatic heterocycles. The Morgan fingerprint density at radius 3 is 2.67 bits per heavy atom. The highest BCUT2D eigenvalue weighted by molar-refractivity contribution is 9.10. The Labute approximate surface area is 96.4 Å². The molecule has 3 nitrogen and oxygen atoms in total. The highest BCUT2D eigenvalue weighted by Crippen LogP contribution is 2.34. The maximum Gasteiger partial charge on any atom is 0.160 e.